The molecule has 2 aromatic rings. The fourth-order valence-corrected chi connectivity index (χ4v) is 7.84. The minimum absolute atomic E-state index is 0.129. The second-order valence-electron chi connectivity index (χ2n) is 9.09. The van der Waals surface area contributed by atoms with Crippen LogP contribution in [-0.2, 0) is 11.1 Å². The fourth-order valence-electron chi connectivity index (χ4n) is 7.84. The van der Waals surface area contributed by atoms with Gasteiger partial charge in [-0.05, 0) is 66.2 Å². The van der Waals surface area contributed by atoms with Crippen molar-refractivity contribution in [3.8, 4) is 0 Å². The summed E-state index contributed by atoms with van der Waals surface area (Å²) in [5.74, 6) is 6.24. The smallest absolute Gasteiger partial charge is 0.130 e. The van der Waals surface area contributed by atoms with Gasteiger partial charge in [-0.25, -0.2) is 0 Å². The van der Waals surface area contributed by atoms with Gasteiger partial charge in [0.1, 0.15) is 11.1 Å². The third kappa shape index (κ3) is 1.05. The Morgan fingerprint density at radius 3 is 1.64 bits per heavy atom. The average molecular weight is 326 g/mol. The molecule has 4 bridgehead atoms. The average Bonchev–Trinajstić information content (AvgIpc) is 3.62. The summed E-state index contributed by atoms with van der Waals surface area (Å²) in [5.41, 5.74) is 2.11. The molecule has 0 saturated heterocycles. The summed E-state index contributed by atoms with van der Waals surface area (Å²) in [5, 5.41) is 10.3. The van der Waals surface area contributed by atoms with Crippen LogP contribution in [0.4, 0.5) is 0 Å². The SMILES string of the molecule is c1ccc([C@]23N=N[C@](c4ccccn4)([C@@H]4C[C@@H]42)[C@H]2C4C5C4C5[C@H]23)nc1. The first-order valence-corrected chi connectivity index (χ1v) is 9.66. The van der Waals surface area contributed by atoms with Gasteiger partial charge in [-0.15, -0.1) is 0 Å². The number of azo groups is 1. The van der Waals surface area contributed by atoms with Crippen molar-refractivity contribution in [3.05, 3.63) is 60.2 Å². The first kappa shape index (κ1) is 12.3. The standard InChI is InChI=1S/C21H18N4/c1-3-7-22-12(5-1)20-10-9-11(10)21(25-24-20,13-6-2-4-8-23-13)19-17-14-15(17)16(14)18(19)20/h1-8,10-11,14-19H,9H2/t10-,11+,14?,15?,16?,17?,18+,19-,20+,21-. The number of rotatable bonds is 2. The van der Waals surface area contributed by atoms with Gasteiger partial charge in [0.25, 0.3) is 0 Å². The van der Waals surface area contributed by atoms with E-state index in [1.165, 1.54) is 17.8 Å². The molecule has 2 aromatic heterocycles. The number of hydrogen-bond acceptors (Lipinski definition) is 4. The van der Waals surface area contributed by atoms with E-state index in [9.17, 15) is 0 Å². The molecule has 2 unspecified atom stereocenters. The van der Waals surface area contributed by atoms with Crippen molar-refractivity contribution in [3.63, 3.8) is 0 Å². The van der Waals surface area contributed by atoms with Crippen molar-refractivity contribution < 1.29 is 0 Å². The Labute approximate surface area is 145 Å². The summed E-state index contributed by atoms with van der Waals surface area (Å²) >= 11 is 0. The molecular formula is C21H18N4. The zero-order valence-electron chi connectivity index (χ0n) is 13.7. The highest BCUT2D eigenvalue weighted by molar-refractivity contribution is 5.47. The maximum atomic E-state index is 5.13. The molecule has 8 aliphatic rings. The first-order valence-electron chi connectivity index (χ1n) is 9.66. The zero-order valence-corrected chi connectivity index (χ0v) is 13.7. The van der Waals surface area contributed by atoms with E-state index in [0.717, 1.165) is 23.7 Å². The van der Waals surface area contributed by atoms with Crippen molar-refractivity contribution in [2.24, 2.45) is 57.6 Å². The van der Waals surface area contributed by atoms with Gasteiger partial charge in [-0.1, -0.05) is 12.1 Å². The Hall–Kier alpha value is -2.10. The van der Waals surface area contributed by atoms with Gasteiger partial charge < -0.3 is 0 Å². The van der Waals surface area contributed by atoms with Crippen LogP contribution in [-0.4, -0.2) is 9.97 Å². The van der Waals surface area contributed by atoms with Crippen LogP contribution < -0.4 is 0 Å². The molecule has 6 saturated carbocycles. The van der Waals surface area contributed by atoms with E-state index in [2.05, 4.69) is 24.3 Å². The van der Waals surface area contributed by atoms with Gasteiger partial charge in [-0.2, -0.15) is 10.2 Å². The molecule has 0 aromatic carbocycles. The minimum Gasteiger partial charge on any atom is -0.259 e. The van der Waals surface area contributed by atoms with Crippen LogP contribution in [0.5, 0.6) is 0 Å². The lowest BCUT2D eigenvalue weighted by Gasteiger charge is -2.53. The van der Waals surface area contributed by atoms with E-state index in [1.807, 2.05) is 24.5 Å². The molecule has 25 heavy (non-hydrogen) atoms. The van der Waals surface area contributed by atoms with Crippen molar-refractivity contribution in [2.75, 3.05) is 0 Å². The fraction of sp³-hybridized carbons (Fsp3) is 0.524. The highest BCUT2D eigenvalue weighted by Gasteiger charge is 2.94. The molecule has 4 heterocycles. The quantitative estimate of drug-likeness (QED) is 0.849. The lowest BCUT2D eigenvalue weighted by Crippen LogP contribution is -2.56. The number of nitrogens with zero attached hydrogens (tertiary/aromatic N) is 4. The molecule has 6 fully saturated rings. The van der Waals surface area contributed by atoms with Crippen molar-refractivity contribution in [1.29, 1.82) is 0 Å². The highest BCUT2D eigenvalue weighted by Crippen LogP contribution is 2.94. The summed E-state index contributed by atoms with van der Waals surface area (Å²) in [7, 11) is 0. The van der Waals surface area contributed by atoms with Crippen LogP contribution in [0.15, 0.2) is 59.0 Å². The van der Waals surface area contributed by atoms with E-state index < -0.39 is 0 Å². The topological polar surface area (TPSA) is 50.5 Å². The maximum Gasteiger partial charge on any atom is 0.130 e. The van der Waals surface area contributed by atoms with Gasteiger partial charge in [0.2, 0.25) is 0 Å². The Bertz CT molecular complexity index is 873. The van der Waals surface area contributed by atoms with E-state index >= 15 is 0 Å². The van der Waals surface area contributed by atoms with Gasteiger partial charge in [0, 0.05) is 24.2 Å². The Morgan fingerprint density at radius 2 is 1.20 bits per heavy atom. The monoisotopic (exact) mass is 326 g/mol. The zero-order chi connectivity index (χ0) is 16.0. The lowest BCUT2D eigenvalue weighted by molar-refractivity contribution is -0.00475. The molecule has 0 amide bonds. The van der Waals surface area contributed by atoms with Crippen LogP contribution in [0, 0.1) is 47.3 Å². The number of hydrogen-bond donors (Lipinski definition) is 0. The van der Waals surface area contributed by atoms with E-state index in [4.69, 9.17) is 20.2 Å². The van der Waals surface area contributed by atoms with Crippen LogP contribution in [0.25, 0.3) is 0 Å². The van der Waals surface area contributed by atoms with Crippen molar-refractivity contribution >= 4 is 0 Å². The minimum atomic E-state index is -0.129. The Morgan fingerprint density at radius 1 is 0.680 bits per heavy atom. The largest absolute Gasteiger partial charge is 0.259 e. The normalized spacial score (nSPS) is 56.8. The lowest BCUT2D eigenvalue weighted by atomic mass is 9.57. The third-order valence-corrected chi connectivity index (χ3v) is 8.63. The van der Waals surface area contributed by atoms with Gasteiger partial charge >= 0.3 is 0 Å². The molecule has 0 radical (unpaired) electrons. The van der Waals surface area contributed by atoms with Crippen molar-refractivity contribution in [2.45, 2.75) is 17.5 Å². The van der Waals surface area contributed by atoms with E-state index in [1.54, 1.807) is 0 Å². The molecule has 4 heteroatoms. The summed E-state index contributed by atoms with van der Waals surface area (Å²) in [4.78, 5) is 9.59. The van der Waals surface area contributed by atoms with E-state index in [0.29, 0.717) is 23.7 Å². The summed E-state index contributed by atoms with van der Waals surface area (Å²) in [6.45, 7) is 0. The highest BCUT2D eigenvalue weighted by atomic mass is 15.3. The molecule has 122 valence electrons. The predicted octanol–water partition coefficient (Wildman–Crippen LogP) is 3.42. The summed E-state index contributed by atoms with van der Waals surface area (Å²) < 4.78 is 0. The van der Waals surface area contributed by atoms with Crippen LogP contribution >= 0.6 is 0 Å². The van der Waals surface area contributed by atoms with Gasteiger partial charge in [0.05, 0.1) is 11.4 Å². The summed E-state index contributed by atoms with van der Waals surface area (Å²) in [6, 6.07) is 12.7. The molecular weight excluding hydrogens is 308 g/mol. The first-order chi connectivity index (χ1) is 12.4. The van der Waals surface area contributed by atoms with Gasteiger partial charge in [0.15, 0.2) is 0 Å². The molecule has 0 N–H and O–H groups in total. The molecule has 8 atom stereocenters. The second-order valence-corrected chi connectivity index (χ2v) is 9.09. The number of pyridine rings is 2. The van der Waals surface area contributed by atoms with Crippen LogP contribution in [0.3, 0.4) is 0 Å². The molecule has 4 nitrogen and oxygen atoms in total. The molecule has 6 aliphatic carbocycles. The van der Waals surface area contributed by atoms with Crippen LogP contribution in [0.1, 0.15) is 17.8 Å². The molecule has 10 rings (SSSR count). The maximum absolute atomic E-state index is 5.13. The predicted molar refractivity (Wildman–Crippen MR) is 89.2 cm³/mol. The molecule has 2 aliphatic heterocycles. The van der Waals surface area contributed by atoms with Crippen LogP contribution in [0.2, 0.25) is 0 Å². The summed E-state index contributed by atoms with van der Waals surface area (Å²) in [6.07, 6.45) is 5.11. The van der Waals surface area contributed by atoms with Crippen molar-refractivity contribution in [1.82, 2.24) is 9.97 Å². The third-order valence-electron chi connectivity index (χ3n) is 8.63. The molecule has 0 spiro atoms. The Kier molecular flexibility index (Phi) is 1.68. The second kappa shape index (κ2) is 3.42. The Balaban J connectivity index is 1.43. The number of aromatic nitrogens is 2. The van der Waals surface area contributed by atoms with Gasteiger partial charge in [-0.3, -0.25) is 9.97 Å². The van der Waals surface area contributed by atoms with E-state index in [-0.39, 0.29) is 11.1 Å².